The fourth-order valence-electron chi connectivity index (χ4n) is 3.40. The summed E-state index contributed by atoms with van der Waals surface area (Å²) in [5, 5.41) is 14.6. The molecule has 1 N–H and O–H groups in total. The molecule has 0 aliphatic carbocycles. The van der Waals surface area contributed by atoms with Crippen LogP contribution in [0.3, 0.4) is 0 Å². The highest BCUT2D eigenvalue weighted by Gasteiger charge is 2.34. The van der Waals surface area contributed by atoms with E-state index in [2.05, 4.69) is 10.1 Å². The van der Waals surface area contributed by atoms with Crippen molar-refractivity contribution in [2.24, 2.45) is 0 Å². The van der Waals surface area contributed by atoms with Crippen molar-refractivity contribution in [3.63, 3.8) is 0 Å². The van der Waals surface area contributed by atoms with Crippen LogP contribution in [0.25, 0.3) is 0 Å². The summed E-state index contributed by atoms with van der Waals surface area (Å²) in [6.07, 6.45) is -1.85. The van der Waals surface area contributed by atoms with E-state index in [1.807, 2.05) is 0 Å². The Kier molecular flexibility index (Phi) is 6.53. The number of alkyl halides is 3. The third-order valence-corrected chi connectivity index (χ3v) is 4.61. The first-order valence-electron chi connectivity index (χ1n) is 8.26. The van der Waals surface area contributed by atoms with Crippen LogP contribution in [0.15, 0.2) is 18.2 Å². The van der Waals surface area contributed by atoms with Crippen molar-refractivity contribution in [1.82, 2.24) is 10.2 Å². The second kappa shape index (κ2) is 8.30. The van der Waals surface area contributed by atoms with Gasteiger partial charge in [-0.2, -0.15) is 13.2 Å². The van der Waals surface area contributed by atoms with Crippen molar-refractivity contribution in [2.45, 2.75) is 37.5 Å². The number of hydrogen-bond acceptors (Lipinski definition) is 5. The van der Waals surface area contributed by atoms with E-state index in [0.717, 1.165) is 37.5 Å². The number of nitro benzene ring substituents is 1. The topological polar surface area (TPSA) is 84.7 Å². The van der Waals surface area contributed by atoms with Crippen molar-refractivity contribution in [3.8, 4) is 5.75 Å². The van der Waals surface area contributed by atoms with E-state index >= 15 is 0 Å². The number of nitro groups is 1. The molecule has 1 aromatic carbocycles. The molecular weight excluding hydrogens is 391 g/mol. The van der Waals surface area contributed by atoms with Crippen LogP contribution in [0, 0.1) is 10.1 Å². The largest absolute Gasteiger partial charge is 0.484 e. The Morgan fingerprint density at radius 3 is 2.67 bits per heavy atom. The molecule has 2 atom stereocenters. The summed E-state index contributed by atoms with van der Waals surface area (Å²) >= 11 is 0. The quantitative estimate of drug-likeness (QED) is 0.610. The lowest BCUT2D eigenvalue weighted by Crippen LogP contribution is -2.39. The fourth-order valence-corrected chi connectivity index (χ4v) is 3.40. The smallest absolute Gasteiger partial charge is 0.422 e. The van der Waals surface area contributed by atoms with Gasteiger partial charge in [-0.1, -0.05) is 0 Å². The molecule has 3 rings (SSSR count). The number of rotatable bonds is 4. The second-order valence-electron chi connectivity index (χ2n) is 6.52. The Morgan fingerprint density at radius 1 is 1.30 bits per heavy atom. The van der Waals surface area contributed by atoms with Gasteiger partial charge in [-0.05, 0) is 31.4 Å². The number of nitrogens with zero attached hydrogens (tertiary/aromatic N) is 2. The summed E-state index contributed by atoms with van der Waals surface area (Å²) in [6, 6.07) is 3.54. The lowest BCUT2D eigenvalue weighted by molar-refractivity contribution is -0.385. The van der Waals surface area contributed by atoms with Gasteiger partial charge in [0.2, 0.25) is 0 Å². The van der Waals surface area contributed by atoms with Crippen molar-refractivity contribution >= 4 is 24.0 Å². The molecule has 2 heterocycles. The Morgan fingerprint density at radius 2 is 2.00 bits per heavy atom. The fraction of sp³-hybridized carbons (Fsp3) is 0.562. The van der Waals surface area contributed by atoms with Crippen LogP contribution in [0.5, 0.6) is 5.75 Å². The number of amides is 1. The average molecular weight is 410 g/mol. The summed E-state index contributed by atoms with van der Waals surface area (Å²) in [5.41, 5.74) is -0.704. The molecule has 0 aromatic heterocycles. The molecular formula is C16H19ClF3N3O4. The van der Waals surface area contributed by atoms with Gasteiger partial charge in [-0.25, -0.2) is 0 Å². The SMILES string of the molecule is Cl.O=C(c1cc(OCC(F)(F)F)ccc1[N+](=O)[O-])N1CCC2CCC(C1)N2. The maximum Gasteiger partial charge on any atom is 0.422 e. The number of carbonyl (C=O) groups excluding carboxylic acids is 1. The number of carbonyl (C=O) groups is 1. The maximum absolute atomic E-state index is 12.8. The van der Waals surface area contributed by atoms with Gasteiger partial charge in [0.15, 0.2) is 6.61 Å². The highest BCUT2D eigenvalue weighted by Crippen LogP contribution is 2.28. The Labute approximate surface area is 159 Å². The van der Waals surface area contributed by atoms with Crippen molar-refractivity contribution in [1.29, 1.82) is 0 Å². The average Bonchev–Trinajstić information content (AvgIpc) is 2.90. The molecule has 2 saturated heterocycles. The predicted molar refractivity (Wildman–Crippen MR) is 92.4 cm³/mol. The number of halogens is 4. The van der Waals surface area contributed by atoms with Gasteiger partial charge in [0.25, 0.3) is 11.6 Å². The number of fused-ring (bicyclic) bond motifs is 2. The summed E-state index contributed by atoms with van der Waals surface area (Å²) in [6.45, 7) is -0.673. The lowest BCUT2D eigenvalue weighted by atomic mass is 10.1. The molecule has 2 unspecified atom stereocenters. The molecule has 27 heavy (non-hydrogen) atoms. The van der Waals surface area contributed by atoms with Crippen LogP contribution in [0.1, 0.15) is 29.6 Å². The highest BCUT2D eigenvalue weighted by molar-refractivity contribution is 5.98. The lowest BCUT2D eigenvalue weighted by Gasteiger charge is -2.24. The zero-order chi connectivity index (χ0) is 18.9. The van der Waals surface area contributed by atoms with Crippen LogP contribution in [0.4, 0.5) is 18.9 Å². The van der Waals surface area contributed by atoms with Gasteiger partial charge in [0.1, 0.15) is 11.3 Å². The summed E-state index contributed by atoms with van der Waals surface area (Å²) in [7, 11) is 0. The first-order chi connectivity index (χ1) is 12.2. The minimum atomic E-state index is -4.54. The zero-order valence-corrected chi connectivity index (χ0v) is 15.0. The van der Waals surface area contributed by atoms with E-state index in [1.165, 1.54) is 4.90 Å². The molecule has 0 saturated carbocycles. The number of likely N-dealkylation sites (tertiary alicyclic amines) is 1. The van der Waals surface area contributed by atoms with Gasteiger partial charge in [-0.3, -0.25) is 14.9 Å². The normalized spacial score (nSPS) is 22.0. The van der Waals surface area contributed by atoms with Crippen LogP contribution in [-0.2, 0) is 0 Å². The van der Waals surface area contributed by atoms with E-state index < -0.39 is 29.3 Å². The number of hydrogen-bond donors (Lipinski definition) is 1. The Hall–Kier alpha value is -2.07. The van der Waals surface area contributed by atoms with Crippen molar-refractivity contribution in [3.05, 3.63) is 33.9 Å². The third kappa shape index (κ3) is 5.23. The first kappa shape index (κ1) is 21.2. The molecule has 11 heteroatoms. The van der Waals surface area contributed by atoms with Gasteiger partial charge in [-0.15, -0.1) is 12.4 Å². The minimum absolute atomic E-state index is 0. The molecule has 2 fully saturated rings. The van der Waals surface area contributed by atoms with Crippen LogP contribution in [0.2, 0.25) is 0 Å². The maximum atomic E-state index is 12.8. The predicted octanol–water partition coefficient (Wildman–Crippen LogP) is 2.92. The van der Waals surface area contributed by atoms with E-state index in [1.54, 1.807) is 0 Å². The third-order valence-electron chi connectivity index (χ3n) is 4.61. The molecule has 1 amide bonds. The molecule has 150 valence electrons. The van der Waals surface area contributed by atoms with Crippen LogP contribution < -0.4 is 10.1 Å². The first-order valence-corrected chi connectivity index (χ1v) is 8.26. The standard InChI is InChI=1S/C16H18F3N3O4.ClH/c17-16(18,19)9-26-12-3-4-14(22(24)25)13(7-12)15(23)21-6-5-10-1-2-11(8-21)20-10;/h3-4,7,10-11,20H,1-2,5-6,8-9H2;1H. The molecule has 2 aliphatic rings. The van der Waals surface area contributed by atoms with Crippen LogP contribution >= 0.6 is 12.4 Å². The molecule has 1 aromatic rings. The molecule has 0 spiro atoms. The van der Waals surface area contributed by atoms with Gasteiger partial charge in [0, 0.05) is 31.2 Å². The molecule has 7 nitrogen and oxygen atoms in total. The Bertz CT molecular complexity index is 717. The zero-order valence-electron chi connectivity index (χ0n) is 14.2. The summed E-state index contributed by atoms with van der Waals surface area (Å²) < 4.78 is 41.6. The number of benzene rings is 1. The minimum Gasteiger partial charge on any atom is -0.484 e. The van der Waals surface area contributed by atoms with Crippen LogP contribution in [-0.4, -0.2) is 53.7 Å². The summed E-state index contributed by atoms with van der Waals surface area (Å²) in [4.78, 5) is 24.9. The monoisotopic (exact) mass is 409 g/mol. The highest BCUT2D eigenvalue weighted by atomic mass is 35.5. The molecule has 2 bridgehead atoms. The summed E-state index contributed by atoms with van der Waals surface area (Å²) in [5.74, 6) is -0.797. The van der Waals surface area contributed by atoms with Gasteiger partial charge >= 0.3 is 6.18 Å². The second-order valence-corrected chi connectivity index (χ2v) is 6.52. The molecule has 2 aliphatic heterocycles. The van der Waals surface area contributed by atoms with E-state index in [9.17, 15) is 28.1 Å². The van der Waals surface area contributed by atoms with Gasteiger partial charge < -0.3 is 15.0 Å². The van der Waals surface area contributed by atoms with Crippen molar-refractivity contribution in [2.75, 3.05) is 19.7 Å². The number of ether oxygens (including phenoxy) is 1. The van der Waals surface area contributed by atoms with E-state index in [0.29, 0.717) is 19.1 Å². The van der Waals surface area contributed by atoms with Crippen molar-refractivity contribution < 1.29 is 27.6 Å². The number of nitrogens with one attached hydrogen (secondary N) is 1. The molecule has 0 radical (unpaired) electrons. The van der Waals surface area contributed by atoms with Gasteiger partial charge in [0.05, 0.1) is 4.92 Å². The Balaban J connectivity index is 0.00000261. The van der Waals surface area contributed by atoms with E-state index in [-0.39, 0.29) is 29.8 Å². The van der Waals surface area contributed by atoms with E-state index in [4.69, 9.17) is 0 Å².